The van der Waals surface area contributed by atoms with Gasteiger partial charge in [-0.1, -0.05) is 42.5 Å². The summed E-state index contributed by atoms with van der Waals surface area (Å²) < 4.78 is 13.3. The Labute approximate surface area is 165 Å². The molecular formula is C24H24N2O2. The van der Waals surface area contributed by atoms with Gasteiger partial charge in [-0.15, -0.1) is 0 Å². The number of ether oxygens (including phenoxy) is 2. The van der Waals surface area contributed by atoms with Crippen molar-refractivity contribution in [3.05, 3.63) is 78.9 Å². The van der Waals surface area contributed by atoms with Gasteiger partial charge in [0.2, 0.25) is 0 Å². The summed E-state index contributed by atoms with van der Waals surface area (Å²) in [6, 6.07) is 26.4. The van der Waals surface area contributed by atoms with Gasteiger partial charge >= 0.3 is 0 Å². The van der Waals surface area contributed by atoms with Gasteiger partial charge in [-0.05, 0) is 49.2 Å². The van der Waals surface area contributed by atoms with Crippen LogP contribution in [0.25, 0.3) is 22.4 Å². The molecule has 4 heteroatoms. The predicted octanol–water partition coefficient (Wildman–Crippen LogP) is 5.57. The first-order chi connectivity index (χ1) is 13.8. The molecule has 0 aliphatic rings. The number of hydrogen-bond donors (Lipinski definition) is 0. The molecule has 142 valence electrons. The molecule has 0 aliphatic heterocycles. The van der Waals surface area contributed by atoms with Gasteiger partial charge in [-0.25, -0.2) is 4.98 Å². The highest BCUT2D eigenvalue weighted by Crippen LogP contribution is 2.25. The van der Waals surface area contributed by atoms with Crippen molar-refractivity contribution >= 4 is 11.0 Å². The summed E-state index contributed by atoms with van der Waals surface area (Å²) in [5.74, 6) is 2.74. The van der Waals surface area contributed by atoms with Gasteiger partial charge in [-0.3, -0.25) is 0 Å². The molecule has 0 N–H and O–H groups in total. The van der Waals surface area contributed by atoms with E-state index in [4.69, 9.17) is 14.5 Å². The fourth-order valence-corrected chi connectivity index (χ4v) is 3.34. The zero-order chi connectivity index (χ0) is 19.2. The molecule has 0 amide bonds. The van der Waals surface area contributed by atoms with Crippen LogP contribution in [0.1, 0.15) is 12.8 Å². The van der Waals surface area contributed by atoms with Gasteiger partial charge < -0.3 is 14.0 Å². The fraction of sp³-hybridized carbons (Fsp3) is 0.208. The van der Waals surface area contributed by atoms with Gasteiger partial charge in [0.1, 0.15) is 17.3 Å². The van der Waals surface area contributed by atoms with Crippen molar-refractivity contribution < 1.29 is 9.47 Å². The summed E-state index contributed by atoms with van der Waals surface area (Å²) >= 11 is 0. The Morgan fingerprint density at radius 3 is 2.29 bits per heavy atom. The molecule has 0 bridgehead atoms. The molecule has 28 heavy (non-hydrogen) atoms. The lowest BCUT2D eigenvalue weighted by Crippen LogP contribution is -2.04. The van der Waals surface area contributed by atoms with Gasteiger partial charge in [-0.2, -0.15) is 0 Å². The largest absolute Gasteiger partial charge is 0.497 e. The van der Waals surface area contributed by atoms with Gasteiger partial charge in [0.25, 0.3) is 0 Å². The van der Waals surface area contributed by atoms with Crippen molar-refractivity contribution in [1.82, 2.24) is 9.55 Å². The topological polar surface area (TPSA) is 36.3 Å². The summed E-state index contributed by atoms with van der Waals surface area (Å²) in [7, 11) is 1.67. The standard InChI is InChI=1S/C24H24N2O2/c1-27-20-13-15-21(16-14-20)28-18-8-7-17-26-23-12-6-5-11-22(23)25-24(26)19-9-3-2-4-10-19/h2-6,9-16H,7-8,17-18H2,1H3. The first kappa shape index (κ1) is 18.1. The Bertz CT molecular complexity index is 1020. The van der Waals surface area contributed by atoms with Crippen molar-refractivity contribution in [1.29, 1.82) is 0 Å². The number of aromatic nitrogens is 2. The minimum atomic E-state index is 0.694. The maximum Gasteiger partial charge on any atom is 0.141 e. The lowest BCUT2D eigenvalue weighted by atomic mass is 10.2. The molecule has 1 aromatic heterocycles. The van der Waals surface area contributed by atoms with E-state index in [1.807, 2.05) is 36.4 Å². The zero-order valence-electron chi connectivity index (χ0n) is 16.0. The number of imidazole rings is 1. The molecule has 3 aromatic carbocycles. The molecule has 0 fully saturated rings. The van der Waals surface area contributed by atoms with Crippen LogP contribution in [0.4, 0.5) is 0 Å². The quantitative estimate of drug-likeness (QED) is 0.379. The van der Waals surface area contributed by atoms with E-state index in [1.165, 1.54) is 5.52 Å². The number of benzene rings is 3. The summed E-state index contributed by atoms with van der Waals surface area (Å²) in [6.07, 6.45) is 2.00. The van der Waals surface area contributed by atoms with E-state index in [0.29, 0.717) is 6.61 Å². The third kappa shape index (κ3) is 4.01. The molecule has 0 radical (unpaired) electrons. The second-order valence-electron chi connectivity index (χ2n) is 6.67. The molecule has 0 saturated carbocycles. The molecule has 4 nitrogen and oxygen atoms in total. The Morgan fingerprint density at radius 2 is 1.50 bits per heavy atom. The fourth-order valence-electron chi connectivity index (χ4n) is 3.34. The van der Waals surface area contributed by atoms with Crippen molar-refractivity contribution in [2.45, 2.75) is 19.4 Å². The number of rotatable bonds is 8. The predicted molar refractivity (Wildman–Crippen MR) is 113 cm³/mol. The third-order valence-corrected chi connectivity index (χ3v) is 4.79. The number of para-hydroxylation sites is 2. The first-order valence-electron chi connectivity index (χ1n) is 9.63. The molecule has 4 aromatic rings. The van der Waals surface area contributed by atoms with Gasteiger partial charge in [0.15, 0.2) is 0 Å². The molecule has 0 saturated heterocycles. The van der Waals surface area contributed by atoms with Gasteiger partial charge in [0, 0.05) is 12.1 Å². The van der Waals surface area contributed by atoms with E-state index >= 15 is 0 Å². The van der Waals surface area contributed by atoms with Crippen LogP contribution in [-0.2, 0) is 6.54 Å². The lowest BCUT2D eigenvalue weighted by molar-refractivity contribution is 0.303. The number of hydrogen-bond acceptors (Lipinski definition) is 3. The Hall–Kier alpha value is -3.27. The van der Waals surface area contributed by atoms with Crippen LogP contribution >= 0.6 is 0 Å². The van der Waals surface area contributed by atoms with Crippen LogP contribution < -0.4 is 9.47 Å². The van der Waals surface area contributed by atoms with Gasteiger partial charge in [0.05, 0.1) is 24.8 Å². The highest BCUT2D eigenvalue weighted by atomic mass is 16.5. The van der Waals surface area contributed by atoms with Crippen molar-refractivity contribution in [2.75, 3.05) is 13.7 Å². The number of fused-ring (bicyclic) bond motifs is 1. The molecule has 1 heterocycles. The van der Waals surface area contributed by atoms with E-state index in [0.717, 1.165) is 47.8 Å². The van der Waals surface area contributed by atoms with E-state index in [1.54, 1.807) is 7.11 Å². The minimum absolute atomic E-state index is 0.694. The summed E-state index contributed by atoms with van der Waals surface area (Å²) in [4.78, 5) is 4.87. The number of unbranched alkanes of at least 4 members (excludes halogenated alkanes) is 1. The monoisotopic (exact) mass is 372 g/mol. The van der Waals surface area contributed by atoms with Crippen LogP contribution in [0, 0.1) is 0 Å². The number of methoxy groups -OCH3 is 1. The molecular weight excluding hydrogens is 348 g/mol. The number of nitrogens with zero attached hydrogens (tertiary/aromatic N) is 2. The second kappa shape index (κ2) is 8.61. The summed E-state index contributed by atoms with van der Waals surface area (Å²) in [5.41, 5.74) is 3.36. The van der Waals surface area contributed by atoms with E-state index in [2.05, 4.69) is 47.0 Å². The maximum absolute atomic E-state index is 5.85. The minimum Gasteiger partial charge on any atom is -0.497 e. The van der Waals surface area contributed by atoms with E-state index < -0.39 is 0 Å². The molecule has 0 aliphatic carbocycles. The van der Waals surface area contributed by atoms with Crippen molar-refractivity contribution in [3.63, 3.8) is 0 Å². The van der Waals surface area contributed by atoms with Crippen LogP contribution in [0.3, 0.4) is 0 Å². The lowest BCUT2D eigenvalue weighted by Gasteiger charge is -2.10. The Kier molecular flexibility index (Phi) is 5.57. The second-order valence-corrected chi connectivity index (χ2v) is 6.67. The highest BCUT2D eigenvalue weighted by Gasteiger charge is 2.11. The van der Waals surface area contributed by atoms with Crippen LogP contribution in [-0.4, -0.2) is 23.3 Å². The van der Waals surface area contributed by atoms with Crippen molar-refractivity contribution in [3.8, 4) is 22.9 Å². The SMILES string of the molecule is COc1ccc(OCCCCn2c(-c3ccccc3)nc3ccccc32)cc1. The van der Waals surface area contributed by atoms with Crippen LogP contribution in [0.15, 0.2) is 78.9 Å². The molecule has 0 spiro atoms. The zero-order valence-corrected chi connectivity index (χ0v) is 16.0. The smallest absolute Gasteiger partial charge is 0.141 e. The average molecular weight is 372 g/mol. The Balaban J connectivity index is 1.41. The Morgan fingerprint density at radius 1 is 0.786 bits per heavy atom. The molecule has 0 unspecified atom stereocenters. The summed E-state index contributed by atoms with van der Waals surface area (Å²) in [5, 5.41) is 0. The van der Waals surface area contributed by atoms with Crippen molar-refractivity contribution in [2.24, 2.45) is 0 Å². The number of aryl methyl sites for hydroxylation is 1. The highest BCUT2D eigenvalue weighted by molar-refractivity contribution is 5.80. The normalized spacial score (nSPS) is 10.9. The molecule has 4 rings (SSSR count). The van der Waals surface area contributed by atoms with E-state index in [-0.39, 0.29) is 0 Å². The third-order valence-electron chi connectivity index (χ3n) is 4.79. The maximum atomic E-state index is 5.85. The van der Waals surface area contributed by atoms with E-state index in [9.17, 15) is 0 Å². The summed E-state index contributed by atoms with van der Waals surface area (Å²) in [6.45, 7) is 1.61. The average Bonchev–Trinajstić information content (AvgIpc) is 3.13. The van der Waals surface area contributed by atoms with Crippen LogP contribution in [0.5, 0.6) is 11.5 Å². The molecule has 0 atom stereocenters. The first-order valence-corrected chi connectivity index (χ1v) is 9.63. The van der Waals surface area contributed by atoms with Crippen LogP contribution in [0.2, 0.25) is 0 Å².